The highest BCUT2D eigenvalue weighted by Gasteiger charge is 2.71. The molecular weight excluding hydrogens is 849 g/mol. The standard InChI is InChI=1S/C56H90O11/c1-16-40-34(6)33(5)36(8)48(63-40)66-45-44(65-46-35(7)32(4)30(2)27-61-46)37(9)47(62-29-58)67-49(45)64-43-20-21-52(12)41(53(43,13)28-57)19-22-54(14)42(52)18-17-38-39-26-51(10,11)23-24-56(39,50(59)60)31(3)25-55(38,54)15/h17,28-37,39-49H,16,18-27H2,1-15H3,(H,59,60)/t30-,31?,32+,33+,34-,35?,36?,37+,39?,40?,41-,42?,43+,44+,45?,46+,47?,48+,49-,52?,53?,54-,55-,56+/m1/s1. The molecule has 0 aromatic carbocycles. The molecule has 1 N–H and O–H groups in total. The fraction of sp³-hybridized carbons (Fsp3) is 0.911. The van der Waals surface area contributed by atoms with E-state index in [1.54, 1.807) is 0 Å². The Bertz CT molecular complexity index is 1870. The van der Waals surface area contributed by atoms with Crippen LogP contribution in [0.15, 0.2) is 11.6 Å². The number of hydrogen-bond acceptors (Lipinski definition) is 10. The fourth-order valence-corrected chi connectivity index (χ4v) is 17.0. The highest BCUT2D eigenvalue weighted by Crippen LogP contribution is 2.76. The maximum atomic E-state index is 14.1. The second-order valence-corrected chi connectivity index (χ2v) is 25.9. The van der Waals surface area contributed by atoms with Gasteiger partial charge in [-0.3, -0.25) is 9.59 Å². The van der Waals surface area contributed by atoms with Gasteiger partial charge in [0.1, 0.15) is 18.5 Å². The maximum Gasteiger partial charge on any atom is 0.310 e. The molecule has 11 heteroatoms. The zero-order valence-electron chi connectivity index (χ0n) is 44.0. The van der Waals surface area contributed by atoms with E-state index in [0.717, 1.165) is 64.1 Å². The molecule has 3 heterocycles. The second kappa shape index (κ2) is 18.3. The number of aliphatic carboxylic acids is 1. The van der Waals surface area contributed by atoms with Gasteiger partial charge >= 0.3 is 5.97 Å². The van der Waals surface area contributed by atoms with Crippen LogP contribution in [-0.4, -0.2) is 80.0 Å². The summed E-state index contributed by atoms with van der Waals surface area (Å²) in [5.41, 5.74) is -0.557. The zero-order valence-corrected chi connectivity index (χ0v) is 44.0. The van der Waals surface area contributed by atoms with Crippen molar-refractivity contribution in [3.05, 3.63) is 11.6 Å². The van der Waals surface area contributed by atoms with Crippen molar-refractivity contribution >= 4 is 18.7 Å². The molecule has 0 radical (unpaired) electrons. The van der Waals surface area contributed by atoms with Crippen molar-refractivity contribution in [1.82, 2.24) is 0 Å². The number of fused-ring (bicyclic) bond motifs is 7. The van der Waals surface area contributed by atoms with Crippen LogP contribution in [0.25, 0.3) is 0 Å². The number of carboxylic acid groups (broad SMARTS) is 1. The third-order valence-electron chi connectivity index (χ3n) is 22.3. The summed E-state index contributed by atoms with van der Waals surface area (Å²) in [5, 5.41) is 11.1. The van der Waals surface area contributed by atoms with Gasteiger partial charge in [-0.05, 0) is 133 Å². The minimum absolute atomic E-state index is 0.0115. The van der Waals surface area contributed by atoms with Gasteiger partial charge in [-0.2, -0.15) is 0 Å². The summed E-state index contributed by atoms with van der Waals surface area (Å²) in [6.07, 6.45) is 7.02. The first kappa shape index (κ1) is 51.5. The Kier molecular flexibility index (Phi) is 14.1. The Balaban J connectivity index is 1.12. The maximum absolute atomic E-state index is 14.1. The van der Waals surface area contributed by atoms with E-state index >= 15 is 0 Å². The molecule has 8 rings (SSSR count). The molecule has 7 fully saturated rings. The van der Waals surface area contributed by atoms with Crippen LogP contribution < -0.4 is 0 Å². The summed E-state index contributed by atoms with van der Waals surface area (Å²) in [5.74, 6) is 0.859. The highest BCUT2D eigenvalue weighted by atomic mass is 16.8. The molecule has 0 bridgehead atoms. The number of rotatable bonds is 11. The molecule has 380 valence electrons. The summed E-state index contributed by atoms with van der Waals surface area (Å²) in [6, 6.07) is 0. The molecule has 0 aromatic rings. The topological polar surface area (TPSA) is 136 Å². The van der Waals surface area contributed by atoms with Crippen molar-refractivity contribution in [2.24, 2.45) is 97.6 Å². The third-order valence-corrected chi connectivity index (χ3v) is 22.3. The summed E-state index contributed by atoms with van der Waals surface area (Å²) < 4.78 is 47.2. The lowest BCUT2D eigenvalue weighted by atomic mass is 9.32. The van der Waals surface area contributed by atoms with E-state index in [1.807, 2.05) is 6.92 Å². The monoisotopic (exact) mass is 939 g/mol. The molecule has 3 saturated heterocycles. The zero-order chi connectivity index (χ0) is 49.0. The Morgan fingerprint density at radius 3 is 2.07 bits per heavy atom. The number of allylic oxidation sites excluding steroid dienone is 2. The van der Waals surface area contributed by atoms with Gasteiger partial charge in [0.15, 0.2) is 18.9 Å². The normalized spacial score (nSPS) is 54.0. The minimum atomic E-state index is -1.05. The highest BCUT2D eigenvalue weighted by molar-refractivity contribution is 5.77. The van der Waals surface area contributed by atoms with Gasteiger partial charge < -0.3 is 43.1 Å². The number of carbonyl (C=O) groups is 3. The van der Waals surface area contributed by atoms with Gasteiger partial charge in [0.25, 0.3) is 6.47 Å². The first-order valence-corrected chi connectivity index (χ1v) is 26.8. The summed E-state index contributed by atoms with van der Waals surface area (Å²) in [6.45, 7) is 34.9. The molecule has 8 aliphatic rings. The number of hydrogen-bond donors (Lipinski definition) is 1. The molecule has 4 saturated carbocycles. The molecule has 3 aliphatic heterocycles. The smallest absolute Gasteiger partial charge is 0.310 e. The lowest BCUT2D eigenvalue weighted by Gasteiger charge is -2.71. The van der Waals surface area contributed by atoms with Crippen LogP contribution in [-0.2, 0) is 47.5 Å². The predicted octanol–water partition coefficient (Wildman–Crippen LogP) is 11.3. The summed E-state index contributed by atoms with van der Waals surface area (Å²) >= 11 is 0. The van der Waals surface area contributed by atoms with Gasteiger partial charge in [-0.25, -0.2) is 0 Å². The van der Waals surface area contributed by atoms with E-state index in [9.17, 15) is 19.5 Å². The van der Waals surface area contributed by atoms with Crippen molar-refractivity contribution in [1.29, 1.82) is 0 Å². The number of ether oxygens (including phenoxy) is 7. The molecule has 67 heavy (non-hydrogen) atoms. The van der Waals surface area contributed by atoms with Crippen molar-refractivity contribution in [2.75, 3.05) is 6.61 Å². The Morgan fingerprint density at radius 2 is 1.42 bits per heavy atom. The number of carbonyl (C=O) groups excluding carboxylic acids is 2. The van der Waals surface area contributed by atoms with E-state index in [-0.39, 0.29) is 57.4 Å². The van der Waals surface area contributed by atoms with Crippen LogP contribution in [0.1, 0.15) is 168 Å². The number of aldehydes is 1. The first-order valence-electron chi connectivity index (χ1n) is 26.8. The third kappa shape index (κ3) is 7.97. The summed E-state index contributed by atoms with van der Waals surface area (Å²) in [7, 11) is 0. The van der Waals surface area contributed by atoms with Gasteiger partial charge in [-0.15, -0.1) is 0 Å². The van der Waals surface area contributed by atoms with Crippen molar-refractivity contribution in [3.8, 4) is 0 Å². The molecule has 5 aliphatic carbocycles. The van der Waals surface area contributed by atoms with Gasteiger partial charge in [0.2, 0.25) is 6.29 Å². The average Bonchev–Trinajstić information content (AvgIpc) is 3.27. The van der Waals surface area contributed by atoms with Gasteiger partial charge in [0, 0.05) is 17.8 Å². The quantitative estimate of drug-likeness (QED) is 0.120. The minimum Gasteiger partial charge on any atom is -0.481 e. The molecule has 11 nitrogen and oxygen atoms in total. The first-order chi connectivity index (χ1) is 31.4. The largest absolute Gasteiger partial charge is 0.481 e. The number of carboxylic acids is 1. The second-order valence-electron chi connectivity index (χ2n) is 25.9. The van der Waals surface area contributed by atoms with Crippen LogP contribution in [0.4, 0.5) is 0 Å². The average molecular weight is 939 g/mol. The molecule has 10 unspecified atom stereocenters. The SMILES string of the molecule is CCC1O[C@@H](OC2[C@H](O[C@H]3CCC4(C)C5CC=C6C7CC(C)(C)CC[C@]7(C(=O)O)C(C)C[C@@]6(C)[C@]5(C)CC[C@H]4C3(C)C=O)OC(OC=O)[C@@H](C)[C@@H]2O[C@@H]2OC[C@@H](C)[C@H](C)C2C)C(C)[C@@H](C)[C@H]1C. The van der Waals surface area contributed by atoms with Crippen LogP contribution in [0.3, 0.4) is 0 Å². The lowest BCUT2D eigenvalue weighted by molar-refractivity contribution is -0.396. The molecule has 0 amide bonds. The molecule has 0 aromatic heterocycles. The molecule has 24 atom stereocenters. The van der Waals surface area contributed by atoms with Gasteiger partial charge in [-0.1, -0.05) is 116 Å². The summed E-state index contributed by atoms with van der Waals surface area (Å²) in [4.78, 5) is 39.7. The van der Waals surface area contributed by atoms with E-state index in [1.165, 1.54) is 5.57 Å². The van der Waals surface area contributed by atoms with E-state index < -0.39 is 66.2 Å². The lowest BCUT2D eigenvalue weighted by Crippen LogP contribution is -2.67. The van der Waals surface area contributed by atoms with E-state index in [2.05, 4.69) is 103 Å². The molecular formula is C56H90O11. The fourth-order valence-electron chi connectivity index (χ4n) is 17.0. The Morgan fingerprint density at radius 1 is 0.731 bits per heavy atom. The van der Waals surface area contributed by atoms with E-state index in [4.69, 9.17) is 33.2 Å². The van der Waals surface area contributed by atoms with Crippen molar-refractivity contribution < 1.29 is 52.6 Å². The molecule has 0 spiro atoms. The van der Waals surface area contributed by atoms with E-state index in [0.29, 0.717) is 49.1 Å². The van der Waals surface area contributed by atoms with Crippen LogP contribution in [0, 0.1) is 97.6 Å². The van der Waals surface area contributed by atoms with Crippen molar-refractivity contribution in [3.63, 3.8) is 0 Å². The van der Waals surface area contributed by atoms with Crippen LogP contribution >= 0.6 is 0 Å². The Labute approximate surface area is 403 Å². The predicted molar refractivity (Wildman–Crippen MR) is 255 cm³/mol. The van der Waals surface area contributed by atoms with Crippen LogP contribution in [0.2, 0.25) is 0 Å². The van der Waals surface area contributed by atoms with Crippen LogP contribution in [0.5, 0.6) is 0 Å². The van der Waals surface area contributed by atoms with Crippen molar-refractivity contribution in [2.45, 2.75) is 218 Å². The van der Waals surface area contributed by atoms with Gasteiger partial charge in [0.05, 0.1) is 29.6 Å². The Hall–Kier alpha value is -1.89.